The molecule has 17 heavy (non-hydrogen) atoms. The molecule has 0 atom stereocenters. The molecule has 2 rings (SSSR count). The number of halogens is 2. The van der Waals surface area contributed by atoms with Crippen molar-refractivity contribution >= 4 is 17.3 Å². The molecule has 0 bridgehead atoms. The highest BCUT2D eigenvalue weighted by Gasteiger charge is 2.08. The quantitative estimate of drug-likeness (QED) is 0.859. The molecule has 2 N–H and O–H groups in total. The van der Waals surface area contributed by atoms with Crippen LogP contribution in [0.3, 0.4) is 0 Å². The molecule has 6 heteroatoms. The molecule has 0 spiro atoms. The summed E-state index contributed by atoms with van der Waals surface area (Å²) in [5.41, 5.74) is 0.0209. The second-order valence-corrected chi connectivity index (χ2v) is 3.27. The number of benzene rings is 1. The maximum Gasteiger partial charge on any atom is 0.182 e. The van der Waals surface area contributed by atoms with E-state index in [9.17, 15) is 8.78 Å². The van der Waals surface area contributed by atoms with E-state index in [0.717, 1.165) is 6.07 Å². The molecule has 0 saturated carbocycles. The zero-order chi connectivity index (χ0) is 12.3. The van der Waals surface area contributed by atoms with Crippen molar-refractivity contribution in [1.82, 2.24) is 9.97 Å². The topological polar surface area (TPSA) is 49.8 Å². The van der Waals surface area contributed by atoms with Crippen molar-refractivity contribution in [1.29, 1.82) is 0 Å². The average molecular weight is 236 g/mol. The lowest BCUT2D eigenvalue weighted by atomic mass is 10.3. The normalized spacial score (nSPS) is 10.1. The summed E-state index contributed by atoms with van der Waals surface area (Å²) >= 11 is 0. The Morgan fingerprint density at radius 3 is 2.65 bits per heavy atom. The number of hydrogen-bond acceptors (Lipinski definition) is 4. The van der Waals surface area contributed by atoms with Crippen LogP contribution in [-0.2, 0) is 0 Å². The van der Waals surface area contributed by atoms with Crippen LogP contribution in [0, 0.1) is 11.6 Å². The van der Waals surface area contributed by atoms with Crippen molar-refractivity contribution in [3.8, 4) is 0 Å². The maximum absolute atomic E-state index is 13.4. The summed E-state index contributed by atoms with van der Waals surface area (Å²) in [4.78, 5) is 7.98. The van der Waals surface area contributed by atoms with Gasteiger partial charge in [0, 0.05) is 7.05 Å². The standard InChI is InChI=1S/C11H10F2N4/c1-14-9-5-15-6-10(17-9)16-8-4-2-3-7(12)11(8)13/h2-6H,1H3,(H2,14,16,17). The molecule has 88 valence electrons. The average Bonchev–Trinajstić information content (AvgIpc) is 2.35. The highest BCUT2D eigenvalue weighted by atomic mass is 19.2. The lowest BCUT2D eigenvalue weighted by molar-refractivity contribution is 0.511. The Labute approximate surface area is 96.7 Å². The molecule has 0 unspecified atom stereocenters. The molecule has 0 radical (unpaired) electrons. The second-order valence-electron chi connectivity index (χ2n) is 3.27. The van der Waals surface area contributed by atoms with Crippen LogP contribution in [0.5, 0.6) is 0 Å². The first-order valence-corrected chi connectivity index (χ1v) is 4.91. The Hall–Kier alpha value is -2.24. The van der Waals surface area contributed by atoms with E-state index in [0.29, 0.717) is 11.6 Å². The first-order chi connectivity index (χ1) is 8.20. The van der Waals surface area contributed by atoms with Crippen LogP contribution in [0.15, 0.2) is 30.6 Å². The van der Waals surface area contributed by atoms with Crippen molar-refractivity contribution in [2.24, 2.45) is 0 Å². The molecule has 0 fully saturated rings. The second kappa shape index (κ2) is 4.73. The molecule has 2 aromatic rings. The summed E-state index contributed by atoms with van der Waals surface area (Å²) in [6.07, 6.45) is 2.94. The number of aromatic nitrogens is 2. The monoisotopic (exact) mass is 236 g/mol. The van der Waals surface area contributed by atoms with Gasteiger partial charge in [0.1, 0.15) is 5.82 Å². The van der Waals surface area contributed by atoms with Crippen LogP contribution in [0.2, 0.25) is 0 Å². The minimum Gasteiger partial charge on any atom is -0.372 e. The van der Waals surface area contributed by atoms with Gasteiger partial charge in [0.25, 0.3) is 0 Å². The van der Waals surface area contributed by atoms with Crippen LogP contribution >= 0.6 is 0 Å². The Balaban J connectivity index is 2.28. The zero-order valence-corrected chi connectivity index (χ0v) is 9.04. The molecule has 0 aliphatic rings. The van der Waals surface area contributed by atoms with E-state index < -0.39 is 11.6 Å². The van der Waals surface area contributed by atoms with Crippen LogP contribution in [-0.4, -0.2) is 17.0 Å². The Morgan fingerprint density at radius 2 is 1.88 bits per heavy atom. The molecular weight excluding hydrogens is 226 g/mol. The number of rotatable bonds is 3. The van der Waals surface area contributed by atoms with Gasteiger partial charge in [0.2, 0.25) is 0 Å². The molecule has 0 aliphatic carbocycles. The molecule has 1 heterocycles. The van der Waals surface area contributed by atoms with E-state index >= 15 is 0 Å². The summed E-state index contributed by atoms with van der Waals surface area (Å²) in [7, 11) is 1.69. The Kier molecular flexibility index (Phi) is 3.13. The third-order valence-electron chi connectivity index (χ3n) is 2.11. The largest absolute Gasteiger partial charge is 0.372 e. The first kappa shape index (κ1) is 11.3. The molecular formula is C11H10F2N4. The minimum atomic E-state index is -0.941. The van der Waals surface area contributed by atoms with E-state index in [4.69, 9.17) is 0 Å². The maximum atomic E-state index is 13.4. The number of anilines is 3. The number of hydrogen-bond donors (Lipinski definition) is 2. The molecule has 1 aromatic carbocycles. The van der Waals surface area contributed by atoms with Crippen LogP contribution < -0.4 is 10.6 Å². The van der Waals surface area contributed by atoms with Gasteiger partial charge in [-0.05, 0) is 12.1 Å². The van der Waals surface area contributed by atoms with Gasteiger partial charge < -0.3 is 10.6 Å². The van der Waals surface area contributed by atoms with Gasteiger partial charge in [0.15, 0.2) is 17.5 Å². The fourth-order valence-corrected chi connectivity index (χ4v) is 1.28. The SMILES string of the molecule is CNc1cncc(Nc2cccc(F)c2F)n1. The Bertz CT molecular complexity index is 531. The predicted octanol–water partition coefficient (Wildman–Crippen LogP) is 2.54. The van der Waals surface area contributed by atoms with Crippen LogP contribution in [0.4, 0.5) is 26.1 Å². The summed E-state index contributed by atoms with van der Waals surface area (Å²) in [5, 5.41) is 5.46. The molecule has 0 saturated heterocycles. The van der Waals surface area contributed by atoms with E-state index in [1.54, 1.807) is 7.05 Å². The van der Waals surface area contributed by atoms with Crippen LogP contribution in [0.1, 0.15) is 0 Å². The molecule has 0 amide bonds. The van der Waals surface area contributed by atoms with Gasteiger partial charge in [-0.3, -0.25) is 4.98 Å². The summed E-state index contributed by atoms with van der Waals surface area (Å²) in [5.74, 6) is -0.981. The van der Waals surface area contributed by atoms with Gasteiger partial charge in [-0.15, -0.1) is 0 Å². The van der Waals surface area contributed by atoms with Crippen molar-refractivity contribution < 1.29 is 8.78 Å². The summed E-state index contributed by atoms with van der Waals surface area (Å²) < 4.78 is 26.3. The van der Waals surface area contributed by atoms with Crippen molar-refractivity contribution in [2.45, 2.75) is 0 Å². The zero-order valence-electron chi connectivity index (χ0n) is 9.04. The smallest absolute Gasteiger partial charge is 0.182 e. The molecule has 1 aromatic heterocycles. The van der Waals surface area contributed by atoms with Gasteiger partial charge in [0.05, 0.1) is 18.1 Å². The van der Waals surface area contributed by atoms with Gasteiger partial charge in [-0.2, -0.15) is 0 Å². The van der Waals surface area contributed by atoms with E-state index in [-0.39, 0.29) is 5.69 Å². The number of nitrogens with zero attached hydrogens (tertiary/aromatic N) is 2. The van der Waals surface area contributed by atoms with E-state index in [1.165, 1.54) is 24.5 Å². The number of nitrogens with one attached hydrogen (secondary N) is 2. The lowest BCUT2D eigenvalue weighted by Gasteiger charge is -2.07. The first-order valence-electron chi connectivity index (χ1n) is 4.91. The fraction of sp³-hybridized carbons (Fsp3) is 0.0909. The highest BCUT2D eigenvalue weighted by Crippen LogP contribution is 2.20. The van der Waals surface area contributed by atoms with E-state index in [1.807, 2.05) is 0 Å². The van der Waals surface area contributed by atoms with E-state index in [2.05, 4.69) is 20.6 Å². The fourth-order valence-electron chi connectivity index (χ4n) is 1.28. The molecule has 0 aliphatic heterocycles. The Morgan fingerprint density at radius 1 is 1.12 bits per heavy atom. The summed E-state index contributed by atoms with van der Waals surface area (Å²) in [6, 6.07) is 3.89. The van der Waals surface area contributed by atoms with Gasteiger partial charge >= 0.3 is 0 Å². The van der Waals surface area contributed by atoms with Crippen LogP contribution in [0.25, 0.3) is 0 Å². The van der Waals surface area contributed by atoms with Gasteiger partial charge in [-0.1, -0.05) is 6.07 Å². The highest BCUT2D eigenvalue weighted by molar-refractivity contribution is 5.57. The third-order valence-corrected chi connectivity index (χ3v) is 2.11. The van der Waals surface area contributed by atoms with Crippen molar-refractivity contribution in [2.75, 3.05) is 17.7 Å². The molecule has 4 nitrogen and oxygen atoms in total. The summed E-state index contributed by atoms with van der Waals surface area (Å²) in [6.45, 7) is 0. The minimum absolute atomic E-state index is 0.0209. The lowest BCUT2D eigenvalue weighted by Crippen LogP contribution is -2.01. The van der Waals surface area contributed by atoms with Crippen molar-refractivity contribution in [3.05, 3.63) is 42.2 Å². The predicted molar refractivity (Wildman–Crippen MR) is 61.2 cm³/mol. The third kappa shape index (κ3) is 2.47. The van der Waals surface area contributed by atoms with Crippen molar-refractivity contribution in [3.63, 3.8) is 0 Å². The van der Waals surface area contributed by atoms with Gasteiger partial charge in [-0.25, -0.2) is 13.8 Å².